The number of benzene rings is 2. The van der Waals surface area contributed by atoms with E-state index in [2.05, 4.69) is 10.0 Å². The van der Waals surface area contributed by atoms with Gasteiger partial charge in [-0.15, -0.1) is 0 Å². The Kier molecular flexibility index (Phi) is 5.12. The van der Waals surface area contributed by atoms with Gasteiger partial charge in [-0.25, -0.2) is 8.42 Å². The average Bonchev–Trinajstić information content (AvgIpc) is 2.48. The van der Waals surface area contributed by atoms with Gasteiger partial charge in [0.15, 0.2) is 0 Å². The fourth-order valence-electron chi connectivity index (χ4n) is 1.82. The maximum absolute atomic E-state index is 12.2. The molecule has 0 aliphatic carbocycles. The highest BCUT2D eigenvalue weighted by Crippen LogP contribution is 2.24. The van der Waals surface area contributed by atoms with E-state index in [0.29, 0.717) is 17.0 Å². The van der Waals surface area contributed by atoms with Crippen molar-refractivity contribution >= 4 is 38.9 Å². The minimum Gasteiger partial charge on any atom is -0.497 e. The van der Waals surface area contributed by atoms with Crippen molar-refractivity contribution in [3.63, 3.8) is 0 Å². The number of carbonyl (C=O) groups is 1. The molecule has 0 aliphatic rings. The average molecular weight is 355 g/mol. The van der Waals surface area contributed by atoms with Crippen molar-refractivity contribution in [2.45, 2.75) is 0 Å². The molecule has 0 aromatic heterocycles. The van der Waals surface area contributed by atoms with Crippen LogP contribution in [0.15, 0.2) is 42.5 Å². The van der Waals surface area contributed by atoms with Gasteiger partial charge in [-0.1, -0.05) is 11.6 Å². The van der Waals surface area contributed by atoms with Crippen molar-refractivity contribution in [1.29, 1.82) is 0 Å². The Morgan fingerprint density at radius 3 is 2.30 bits per heavy atom. The van der Waals surface area contributed by atoms with Gasteiger partial charge in [-0.2, -0.15) is 0 Å². The molecule has 2 N–H and O–H groups in total. The minimum absolute atomic E-state index is 0.137. The smallest absolute Gasteiger partial charge is 0.255 e. The molecule has 2 aromatic rings. The predicted octanol–water partition coefficient (Wildman–Crippen LogP) is 2.97. The van der Waals surface area contributed by atoms with Crippen molar-refractivity contribution in [1.82, 2.24) is 0 Å². The van der Waals surface area contributed by atoms with Crippen LogP contribution >= 0.6 is 11.6 Å². The van der Waals surface area contributed by atoms with Crippen LogP contribution in [0.4, 0.5) is 11.4 Å². The molecule has 0 spiro atoms. The Morgan fingerprint density at radius 1 is 1.13 bits per heavy atom. The van der Waals surface area contributed by atoms with Crippen molar-refractivity contribution in [2.24, 2.45) is 0 Å². The summed E-state index contributed by atoms with van der Waals surface area (Å²) in [6, 6.07) is 11.2. The number of halogens is 1. The summed E-state index contributed by atoms with van der Waals surface area (Å²) in [4.78, 5) is 12.2. The van der Waals surface area contributed by atoms with Gasteiger partial charge in [0.05, 0.1) is 24.1 Å². The maximum Gasteiger partial charge on any atom is 0.255 e. The van der Waals surface area contributed by atoms with Crippen LogP contribution in [0, 0.1) is 0 Å². The quantitative estimate of drug-likeness (QED) is 0.864. The molecule has 8 heteroatoms. The van der Waals surface area contributed by atoms with Gasteiger partial charge in [0.25, 0.3) is 5.91 Å². The highest BCUT2D eigenvalue weighted by molar-refractivity contribution is 7.92. The van der Waals surface area contributed by atoms with Crippen LogP contribution in [0.3, 0.4) is 0 Å². The molecule has 1 amide bonds. The van der Waals surface area contributed by atoms with Crippen molar-refractivity contribution in [3.8, 4) is 5.75 Å². The van der Waals surface area contributed by atoms with E-state index in [1.807, 2.05) is 0 Å². The molecule has 0 fully saturated rings. The fourth-order valence-corrected chi connectivity index (χ4v) is 2.68. The van der Waals surface area contributed by atoms with Crippen LogP contribution in [0.2, 0.25) is 5.02 Å². The van der Waals surface area contributed by atoms with E-state index in [0.717, 1.165) is 6.26 Å². The van der Waals surface area contributed by atoms with E-state index >= 15 is 0 Å². The number of hydrogen-bond acceptors (Lipinski definition) is 4. The van der Waals surface area contributed by atoms with E-state index in [1.165, 1.54) is 18.2 Å². The summed E-state index contributed by atoms with van der Waals surface area (Å²) in [5.41, 5.74) is 1.13. The fraction of sp³-hybridized carbons (Fsp3) is 0.133. The molecule has 0 saturated carbocycles. The third-order valence-electron chi connectivity index (χ3n) is 2.87. The zero-order valence-corrected chi connectivity index (χ0v) is 14.0. The summed E-state index contributed by atoms with van der Waals surface area (Å²) >= 11 is 6.00. The number of nitrogens with one attached hydrogen (secondary N) is 2. The number of sulfonamides is 1. The van der Waals surface area contributed by atoms with Gasteiger partial charge in [-0.3, -0.25) is 9.52 Å². The molecule has 0 saturated heterocycles. The monoisotopic (exact) mass is 354 g/mol. The van der Waals surface area contributed by atoms with E-state index in [9.17, 15) is 13.2 Å². The van der Waals surface area contributed by atoms with Crippen molar-refractivity contribution in [3.05, 3.63) is 53.1 Å². The Bertz CT molecular complexity index is 820. The second kappa shape index (κ2) is 6.89. The zero-order valence-electron chi connectivity index (χ0n) is 12.5. The summed E-state index contributed by atoms with van der Waals surface area (Å²) in [5.74, 6) is 0.324. The normalized spacial score (nSPS) is 10.9. The van der Waals surface area contributed by atoms with Gasteiger partial charge in [0.2, 0.25) is 10.0 Å². The lowest BCUT2D eigenvalue weighted by atomic mass is 10.2. The van der Waals surface area contributed by atoms with Gasteiger partial charge < -0.3 is 10.1 Å². The van der Waals surface area contributed by atoms with Gasteiger partial charge in [-0.05, 0) is 42.5 Å². The second-order valence-electron chi connectivity index (χ2n) is 4.75. The first kappa shape index (κ1) is 17.1. The van der Waals surface area contributed by atoms with E-state index < -0.39 is 10.0 Å². The Labute approximate surface area is 139 Å². The van der Waals surface area contributed by atoms with E-state index in [4.69, 9.17) is 16.3 Å². The second-order valence-corrected chi connectivity index (χ2v) is 6.91. The van der Waals surface area contributed by atoms with Gasteiger partial charge >= 0.3 is 0 Å². The number of hydrogen-bond donors (Lipinski definition) is 2. The lowest BCUT2D eigenvalue weighted by Gasteiger charge is -2.09. The molecule has 0 atom stereocenters. The Morgan fingerprint density at radius 2 is 1.78 bits per heavy atom. The SMILES string of the molecule is COc1ccc(NC(=O)c2ccc(NS(C)(=O)=O)c(Cl)c2)cc1. The van der Waals surface area contributed by atoms with Crippen LogP contribution in [-0.2, 0) is 10.0 Å². The van der Waals surface area contributed by atoms with E-state index in [1.54, 1.807) is 31.4 Å². The van der Waals surface area contributed by atoms with Crippen LogP contribution in [0.5, 0.6) is 5.75 Å². The number of anilines is 2. The van der Waals surface area contributed by atoms with Crippen LogP contribution in [0.1, 0.15) is 10.4 Å². The highest BCUT2D eigenvalue weighted by Gasteiger charge is 2.11. The summed E-state index contributed by atoms with van der Waals surface area (Å²) in [6.07, 6.45) is 1.02. The van der Waals surface area contributed by atoms with Crippen LogP contribution in [0.25, 0.3) is 0 Å². The summed E-state index contributed by atoms with van der Waals surface area (Å²) in [6.45, 7) is 0. The first-order valence-corrected chi connectivity index (χ1v) is 8.78. The Hall–Kier alpha value is -2.25. The standard InChI is InChI=1S/C15H15ClN2O4S/c1-22-12-6-4-11(5-7-12)17-15(19)10-3-8-14(13(16)9-10)18-23(2,20)21/h3-9,18H,1-2H3,(H,17,19). The zero-order chi connectivity index (χ0) is 17.0. The van der Waals surface area contributed by atoms with Gasteiger partial charge in [0, 0.05) is 11.3 Å². The molecule has 6 nitrogen and oxygen atoms in total. The van der Waals surface area contributed by atoms with E-state index in [-0.39, 0.29) is 16.6 Å². The Balaban J connectivity index is 2.14. The number of methoxy groups -OCH3 is 1. The third kappa shape index (κ3) is 4.87. The molecule has 0 heterocycles. The number of amides is 1. The lowest BCUT2D eigenvalue weighted by Crippen LogP contribution is -2.13. The maximum atomic E-state index is 12.2. The molecule has 0 bridgehead atoms. The molecule has 0 radical (unpaired) electrons. The summed E-state index contributed by atoms with van der Waals surface area (Å²) in [7, 11) is -1.88. The molecule has 0 unspecified atom stereocenters. The molecule has 122 valence electrons. The molecular formula is C15H15ClN2O4S. The molecular weight excluding hydrogens is 340 g/mol. The van der Waals surface area contributed by atoms with Gasteiger partial charge in [0.1, 0.15) is 5.75 Å². The number of carbonyl (C=O) groups excluding carboxylic acids is 1. The third-order valence-corrected chi connectivity index (χ3v) is 3.78. The highest BCUT2D eigenvalue weighted by atomic mass is 35.5. The minimum atomic E-state index is -3.43. The summed E-state index contributed by atoms with van der Waals surface area (Å²) < 4.78 is 29.7. The van der Waals surface area contributed by atoms with Crippen LogP contribution in [-0.4, -0.2) is 27.7 Å². The van der Waals surface area contributed by atoms with Crippen molar-refractivity contribution in [2.75, 3.05) is 23.4 Å². The van der Waals surface area contributed by atoms with Crippen molar-refractivity contribution < 1.29 is 17.9 Å². The first-order chi connectivity index (χ1) is 10.8. The predicted molar refractivity (Wildman–Crippen MR) is 90.9 cm³/mol. The number of rotatable bonds is 5. The molecule has 0 aliphatic heterocycles. The largest absolute Gasteiger partial charge is 0.497 e. The molecule has 2 rings (SSSR count). The van der Waals surface area contributed by atoms with Crippen LogP contribution < -0.4 is 14.8 Å². The number of ether oxygens (including phenoxy) is 1. The lowest BCUT2D eigenvalue weighted by molar-refractivity contribution is 0.102. The molecule has 23 heavy (non-hydrogen) atoms. The first-order valence-electron chi connectivity index (χ1n) is 6.51. The summed E-state index contributed by atoms with van der Waals surface area (Å²) in [5, 5.41) is 2.85. The topological polar surface area (TPSA) is 84.5 Å². The molecule has 2 aromatic carbocycles.